The van der Waals surface area contributed by atoms with Crippen molar-refractivity contribution in [2.24, 2.45) is 0 Å². The Balaban J connectivity index is 2.04. The summed E-state index contributed by atoms with van der Waals surface area (Å²) in [5, 5.41) is 13.7. The van der Waals surface area contributed by atoms with E-state index in [1.54, 1.807) is 30.5 Å². The number of fused-ring (bicyclic) bond motifs is 1. The number of aliphatic hydroxyl groups excluding tert-OH is 1. The fraction of sp³-hybridized carbons (Fsp3) is 0.312. The molecule has 3 N–H and O–H groups in total. The molecule has 5 nitrogen and oxygen atoms in total. The van der Waals surface area contributed by atoms with E-state index in [9.17, 15) is 13.2 Å². The highest BCUT2D eigenvalue weighted by Gasteiger charge is 2.47. The molecule has 0 aliphatic carbocycles. The first-order valence-electron chi connectivity index (χ1n) is 7.41. The summed E-state index contributed by atoms with van der Waals surface area (Å²) in [5.74, 6) is 0. The lowest BCUT2D eigenvalue weighted by Crippen LogP contribution is -2.44. The largest absolute Gasteiger partial charge is 0.409 e. The molecule has 2 heterocycles. The maximum absolute atomic E-state index is 13.3. The molecule has 1 aliphatic heterocycles. The van der Waals surface area contributed by atoms with Crippen molar-refractivity contribution in [3.05, 3.63) is 42.2 Å². The average molecular weight is 338 g/mol. The Hall–Kier alpha value is -2.32. The zero-order valence-electron chi connectivity index (χ0n) is 12.9. The quantitative estimate of drug-likeness (QED) is 0.799. The van der Waals surface area contributed by atoms with E-state index < -0.39 is 12.2 Å². The van der Waals surface area contributed by atoms with Gasteiger partial charge in [0.15, 0.2) is 6.04 Å². The van der Waals surface area contributed by atoms with E-state index in [0.717, 1.165) is 10.7 Å². The van der Waals surface area contributed by atoms with Crippen LogP contribution >= 0.6 is 0 Å². The van der Waals surface area contributed by atoms with Gasteiger partial charge < -0.3 is 15.8 Å². The van der Waals surface area contributed by atoms with E-state index in [-0.39, 0.29) is 12.2 Å². The van der Waals surface area contributed by atoms with Gasteiger partial charge in [-0.25, -0.2) is 5.01 Å². The van der Waals surface area contributed by atoms with Crippen molar-refractivity contribution < 1.29 is 18.3 Å². The second-order valence-electron chi connectivity index (χ2n) is 5.52. The fourth-order valence-corrected chi connectivity index (χ4v) is 2.84. The zero-order chi connectivity index (χ0) is 17.3. The van der Waals surface area contributed by atoms with Gasteiger partial charge in [-0.2, -0.15) is 13.2 Å². The van der Waals surface area contributed by atoms with E-state index in [1.165, 1.54) is 13.2 Å². The van der Waals surface area contributed by atoms with Crippen LogP contribution in [0.3, 0.4) is 0 Å². The van der Waals surface area contributed by atoms with E-state index >= 15 is 0 Å². The molecule has 1 aliphatic rings. The summed E-state index contributed by atoms with van der Waals surface area (Å²) < 4.78 is 40.0. The topological polar surface area (TPSA) is 60.4 Å². The summed E-state index contributed by atoms with van der Waals surface area (Å²) in [7, 11) is 1.36. The first-order valence-corrected chi connectivity index (χ1v) is 7.41. The Morgan fingerprint density at radius 3 is 2.83 bits per heavy atom. The van der Waals surface area contributed by atoms with Gasteiger partial charge in [-0.15, -0.1) is 0 Å². The van der Waals surface area contributed by atoms with Crippen molar-refractivity contribution in [1.29, 1.82) is 0 Å². The molecular formula is C16H17F3N4O. The first-order chi connectivity index (χ1) is 11.4. The summed E-state index contributed by atoms with van der Waals surface area (Å²) in [6.45, 7) is 0.307. The molecule has 0 fully saturated rings. The van der Waals surface area contributed by atoms with Crippen molar-refractivity contribution >= 4 is 22.2 Å². The normalized spacial score (nSPS) is 18.5. The second kappa shape index (κ2) is 6.29. The number of benzene rings is 1. The summed E-state index contributed by atoms with van der Waals surface area (Å²) in [6.07, 6.45) is -1.40. The minimum absolute atomic E-state index is 0.0421. The van der Waals surface area contributed by atoms with Gasteiger partial charge in [0.05, 0.1) is 12.1 Å². The number of hydrazine groups is 1. The molecule has 2 aromatic rings. The monoisotopic (exact) mass is 338 g/mol. The van der Waals surface area contributed by atoms with E-state index in [4.69, 9.17) is 5.11 Å². The van der Waals surface area contributed by atoms with Gasteiger partial charge in [0.25, 0.3) is 0 Å². The lowest BCUT2D eigenvalue weighted by Gasteiger charge is -2.25. The number of pyridine rings is 1. The molecule has 0 saturated heterocycles. The molecule has 128 valence electrons. The molecule has 3 rings (SSSR count). The molecule has 0 radical (unpaired) electrons. The van der Waals surface area contributed by atoms with Crippen molar-refractivity contribution in [1.82, 2.24) is 15.4 Å². The van der Waals surface area contributed by atoms with Crippen LogP contribution in [0.15, 0.2) is 36.7 Å². The molecule has 1 aromatic carbocycles. The van der Waals surface area contributed by atoms with Crippen molar-refractivity contribution in [2.75, 3.05) is 25.5 Å². The highest BCUT2D eigenvalue weighted by Crippen LogP contribution is 2.37. The second-order valence-corrected chi connectivity index (χ2v) is 5.52. The van der Waals surface area contributed by atoms with Crippen molar-refractivity contribution in [2.45, 2.75) is 12.2 Å². The van der Waals surface area contributed by atoms with Crippen LogP contribution in [-0.2, 0) is 0 Å². The number of rotatable bonds is 4. The van der Waals surface area contributed by atoms with Crippen LogP contribution < -0.4 is 10.7 Å². The van der Waals surface area contributed by atoms with Crippen LogP contribution in [0.5, 0.6) is 0 Å². The minimum atomic E-state index is -4.38. The van der Waals surface area contributed by atoms with Gasteiger partial charge >= 0.3 is 6.18 Å². The Morgan fingerprint density at radius 1 is 1.33 bits per heavy atom. The molecule has 8 heteroatoms. The van der Waals surface area contributed by atoms with Crippen molar-refractivity contribution in [3.63, 3.8) is 0 Å². The summed E-state index contributed by atoms with van der Waals surface area (Å²) >= 11 is 0. The smallest absolute Gasteiger partial charge is 0.395 e. The number of aliphatic hydroxyl groups is 1. The molecule has 24 heavy (non-hydrogen) atoms. The third-order valence-corrected chi connectivity index (χ3v) is 3.92. The predicted octanol–water partition coefficient (Wildman–Crippen LogP) is 2.36. The predicted molar refractivity (Wildman–Crippen MR) is 86.0 cm³/mol. The van der Waals surface area contributed by atoms with Gasteiger partial charge in [0, 0.05) is 42.6 Å². The number of alkyl halides is 3. The standard InChI is InChI=1S/C16H17F3N4O/c1-23-15(16(17,18)19)12(9-22-23)10-2-3-13-11(8-10)14(4-5-20-13)21-6-7-24/h2-5,8-9,15,22,24H,6-7H2,1H3,(H,20,21). The SMILES string of the molecule is CN1NC=C(c2ccc3nccc(NCCO)c3c2)C1C(F)(F)F. The van der Waals surface area contributed by atoms with Gasteiger partial charge in [-0.1, -0.05) is 6.07 Å². The minimum Gasteiger partial charge on any atom is -0.395 e. The Labute approximate surface area is 136 Å². The van der Waals surface area contributed by atoms with Crippen LogP contribution in [0.25, 0.3) is 16.5 Å². The van der Waals surface area contributed by atoms with Gasteiger partial charge in [-0.3, -0.25) is 4.98 Å². The molecule has 0 spiro atoms. The van der Waals surface area contributed by atoms with Crippen LogP contribution in [0.1, 0.15) is 5.56 Å². The maximum atomic E-state index is 13.3. The van der Waals surface area contributed by atoms with Gasteiger partial charge in [-0.05, 0) is 23.8 Å². The summed E-state index contributed by atoms with van der Waals surface area (Å²) in [6, 6.07) is 5.04. The number of aromatic nitrogens is 1. The third kappa shape index (κ3) is 3.02. The summed E-state index contributed by atoms with van der Waals surface area (Å²) in [5.41, 5.74) is 4.63. The Bertz CT molecular complexity index is 775. The molecule has 0 saturated carbocycles. The fourth-order valence-electron chi connectivity index (χ4n) is 2.84. The van der Waals surface area contributed by atoms with E-state index in [0.29, 0.717) is 23.0 Å². The van der Waals surface area contributed by atoms with Crippen LogP contribution in [0.4, 0.5) is 18.9 Å². The Morgan fingerprint density at radius 2 is 2.12 bits per heavy atom. The highest BCUT2D eigenvalue weighted by molar-refractivity contribution is 5.93. The number of nitrogens with zero attached hydrogens (tertiary/aromatic N) is 2. The maximum Gasteiger partial charge on any atom is 0.409 e. The van der Waals surface area contributed by atoms with Gasteiger partial charge in [0.1, 0.15) is 0 Å². The van der Waals surface area contributed by atoms with E-state index in [1.807, 2.05) is 0 Å². The van der Waals surface area contributed by atoms with Crippen molar-refractivity contribution in [3.8, 4) is 0 Å². The lowest BCUT2D eigenvalue weighted by atomic mass is 9.97. The van der Waals surface area contributed by atoms with E-state index in [2.05, 4.69) is 15.7 Å². The number of nitrogens with one attached hydrogen (secondary N) is 2. The first kappa shape index (κ1) is 16.5. The number of hydrogen-bond acceptors (Lipinski definition) is 5. The molecular weight excluding hydrogens is 321 g/mol. The summed E-state index contributed by atoms with van der Waals surface area (Å²) in [4.78, 5) is 4.23. The number of likely N-dealkylation sites (N-methyl/N-ethyl adjacent to an activating group) is 1. The highest BCUT2D eigenvalue weighted by atomic mass is 19.4. The zero-order valence-corrected chi connectivity index (χ0v) is 12.9. The molecule has 1 aromatic heterocycles. The average Bonchev–Trinajstić information content (AvgIpc) is 2.94. The molecule has 0 amide bonds. The Kier molecular flexibility index (Phi) is 4.33. The number of halogens is 3. The molecule has 0 bridgehead atoms. The molecule has 1 unspecified atom stereocenters. The third-order valence-electron chi connectivity index (χ3n) is 3.92. The van der Waals surface area contributed by atoms with Gasteiger partial charge in [0.2, 0.25) is 0 Å². The molecule has 1 atom stereocenters. The van der Waals surface area contributed by atoms with Crippen LogP contribution in [0.2, 0.25) is 0 Å². The van der Waals surface area contributed by atoms with Crippen LogP contribution in [-0.4, -0.2) is 47.5 Å². The number of anilines is 1. The lowest BCUT2D eigenvalue weighted by molar-refractivity contribution is -0.165. The van der Waals surface area contributed by atoms with Crippen LogP contribution in [0, 0.1) is 0 Å². The number of hydrogen-bond donors (Lipinski definition) is 3.